The first-order valence-electron chi connectivity index (χ1n) is 1.90. The maximum Gasteiger partial charge on any atom is 0.486 e. The first kappa shape index (κ1) is 8.56. The molecule has 0 amide bonds. The lowest BCUT2D eigenvalue weighted by atomic mass is 10.8. The van der Waals surface area contributed by atoms with Crippen molar-refractivity contribution in [3.63, 3.8) is 0 Å². The molecule has 0 aliphatic rings. The van der Waals surface area contributed by atoms with Crippen molar-refractivity contribution in [2.45, 2.75) is 0 Å². The van der Waals surface area contributed by atoms with E-state index in [0.717, 1.165) is 0 Å². The van der Waals surface area contributed by atoms with Crippen molar-refractivity contribution in [1.82, 2.24) is 5.48 Å². The fraction of sp³-hybridized carbons (Fsp3) is 0.500. The largest absolute Gasteiger partial charge is 0.486 e. The lowest BCUT2D eigenvalue weighted by Gasteiger charge is -2.00. The lowest BCUT2D eigenvalue weighted by molar-refractivity contribution is 0.133. The number of nitrogens with one attached hydrogen (secondary N) is 1. The monoisotopic (exact) mass is 152 g/mol. The fourth-order valence-corrected chi connectivity index (χ4v) is 0.381. The molecule has 9 heavy (non-hydrogen) atoms. The summed E-state index contributed by atoms with van der Waals surface area (Å²) in [6, 6.07) is 1.56. The van der Waals surface area contributed by atoms with Gasteiger partial charge in [0.2, 0.25) is 0 Å². The zero-order chi connectivity index (χ0) is 7.33. The number of hydroxylamine groups is 1. The number of nitriles is 1. The standard InChI is InChI=1S/C2H5N2O4P/c3-1-2-4-8-9(5,6)7/h4H,2H2,(H2,5,6,7). The Morgan fingerprint density at radius 2 is 2.33 bits per heavy atom. The van der Waals surface area contributed by atoms with Gasteiger partial charge in [-0.1, -0.05) is 0 Å². The molecule has 0 aromatic carbocycles. The minimum Gasteiger partial charge on any atom is -0.302 e. The summed E-state index contributed by atoms with van der Waals surface area (Å²) in [5.41, 5.74) is 1.75. The van der Waals surface area contributed by atoms with E-state index < -0.39 is 7.82 Å². The Kier molecular flexibility index (Phi) is 3.39. The SMILES string of the molecule is N#CCNOP(=O)(O)O. The van der Waals surface area contributed by atoms with Gasteiger partial charge in [0.1, 0.15) is 6.54 Å². The van der Waals surface area contributed by atoms with Gasteiger partial charge in [0.15, 0.2) is 0 Å². The number of hydrogen-bond donors (Lipinski definition) is 3. The maximum atomic E-state index is 9.81. The molecule has 0 rings (SSSR count). The van der Waals surface area contributed by atoms with E-state index in [0.29, 0.717) is 0 Å². The first-order valence-corrected chi connectivity index (χ1v) is 3.43. The van der Waals surface area contributed by atoms with Crippen LogP contribution >= 0.6 is 7.82 Å². The molecule has 0 fully saturated rings. The second kappa shape index (κ2) is 3.56. The van der Waals surface area contributed by atoms with Crippen LogP contribution in [0.4, 0.5) is 0 Å². The smallest absolute Gasteiger partial charge is 0.302 e. The molecule has 0 radical (unpaired) electrons. The van der Waals surface area contributed by atoms with Crippen LogP contribution < -0.4 is 5.48 Å². The normalized spacial score (nSPS) is 10.8. The van der Waals surface area contributed by atoms with Gasteiger partial charge in [-0.05, 0) is 0 Å². The van der Waals surface area contributed by atoms with Crippen LogP contribution in [0.25, 0.3) is 0 Å². The van der Waals surface area contributed by atoms with E-state index in [-0.39, 0.29) is 6.54 Å². The average Bonchev–Trinajstić information content (AvgIpc) is 1.63. The van der Waals surface area contributed by atoms with Gasteiger partial charge in [0.05, 0.1) is 6.07 Å². The Balaban J connectivity index is 3.32. The van der Waals surface area contributed by atoms with E-state index >= 15 is 0 Å². The van der Waals surface area contributed by atoms with Gasteiger partial charge in [0, 0.05) is 0 Å². The molecule has 0 bridgehead atoms. The third kappa shape index (κ3) is 7.56. The molecular weight excluding hydrogens is 147 g/mol. The minimum atomic E-state index is -4.46. The number of rotatable bonds is 3. The topological polar surface area (TPSA) is 103 Å². The third-order valence-corrected chi connectivity index (χ3v) is 0.702. The van der Waals surface area contributed by atoms with Crippen LogP contribution in [0.5, 0.6) is 0 Å². The highest BCUT2D eigenvalue weighted by Gasteiger charge is 2.12. The van der Waals surface area contributed by atoms with Gasteiger partial charge in [-0.3, -0.25) is 0 Å². The van der Waals surface area contributed by atoms with Gasteiger partial charge in [-0.15, -0.1) is 0 Å². The molecule has 0 aromatic rings. The van der Waals surface area contributed by atoms with Crippen LogP contribution in [0.1, 0.15) is 0 Å². The van der Waals surface area contributed by atoms with E-state index in [1.54, 1.807) is 11.5 Å². The minimum absolute atomic E-state index is 0.259. The van der Waals surface area contributed by atoms with Crippen molar-refractivity contribution in [2.75, 3.05) is 6.54 Å². The summed E-state index contributed by atoms with van der Waals surface area (Å²) < 4.78 is 13.5. The summed E-state index contributed by atoms with van der Waals surface area (Å²) in [5.74, 6) is 0. The quantitative estimate of drug-likeness (QED) is 0.210. The Labute approximate surface area is 51.3 Å². The zero-order valence-electron chi connectivity index (χ0n) is 4.31. The first-order chi connectivity index (χ1) is 4.06. The van der Waals surface area contributed by atoms with Gasteiger partial charge < -0.3 is 9.79 Å². The molecule has 0 atom stereocenters. The molecule has 0 aromatic heterocycles. The Bertz CT molecular complexity index is 156. The highest BCUT2D eigenvalue weighted by Crippen LogP contribution is 2.33. The summed E-state index contributed by atoms with van der Waals surface area (Å²) in [4.78, 5) is 15.9. The third-order valence-electron chi connectivity index (χ3n) is 0.335. The molecule has 0 saturated carbocycles. The Hall–Kier alpha value is -0.440. The van der Waals surface area contributed by atoms with Crippen molar-refractivity contribution in [1.29, 1.82) is 5.26 Å². The van der Waals surface area contributed by atoms with Gasteiger partial charge in [-0.2, -0.15) is 15.4 Å². The highest BCUT2D eigenvalue weighted by atomic mass is 31.2. The molecule has 0 heterocycles. The van der Waals surface area contributed by atoms with Crippen LogP contribution in [-0.2, 0) is 9.19 Å². The summed E-state index contributed by atoms with van der Waals surface area (Å²) in [7, 11) is -4.46. The Morgan fingerprint density at radius 3 is 2.67 bits per heavy atom. The molecule has 0 aliphatic heterocycles. The molecular formula is C2H5N2O4P. The van der Waals surface area contributed by atoms with Crippen LogP contribution in [0.15, 0.2) is 0 Å². The summed E-state index contributed by atoms with van der Waals surface area (Å²) in [6.07, 6.45) is 0. The predicted molar refractivity (Wildman–Crippen MR) is 26.7 cm³/mol. The summed E-state index contributed by atoms with van der Waals surface area (Å²) >= 11 is 0. The molecule has 0 aliphatic carbocycles. The number of hydrogen-bond acceptors (Lipinski definition) is 4. The summed E-state index contributed by atoms with van der Waals surface area (Å²) in [5, 5.41) is 7.82. The van der Waals surface area contributed by atoms with Crippen LogP contribution in [0, 0.1) is 11.3 Å². The molecule has 6 nitrogen and oxygen atoms in total. The molecule has 0 saturated heterocycles. The average molecular weight is 152 g/mol. The number of phosphoric acid groups is 1. The van der Waals surface area contributed by atoms with E-state index in [4.69, 9.17) is 15.0 Å². The Morgan fingerprint density at radius 1 is 1.78 bits per heavy atom. The fourth-order valence-electron chi connectivity index (χ4n) is 0.149. The maximum absolute atomic E-state index is 9.81. The molecule has 3 N–H and O–H groups in total. The van der Waals surface area contributed by atoms with Crippen molar-refractivity contribution in [3.05, 3.63) is 0 Å². The van der Waals surface area contributed by atoms with Gasteiger partial charge in [-0.25, -0.2) is 4.57 Å². The van der Waals surface area contributed by atoms with E-state index in [1.165, 1.54) is 0 Å². The van der Waals surface area contributed by atoms with Crippen LogP contribution in [0.2, 0.25) is 0 Å². The van der Waals surface area contributed by atoms with Gasteiger partial charge in [0.25, 0.3) is 0 Å². The molecule has 7 heteroatoms. The van der Waals surface area contributed by atoms with Crippen LogP contribution in [-0.4, -0.2) is 16.3 Å². The van der Waals surface area contributed by atoms with Crippen molar-refractivity contribution < 1.29 is 19.0 Å². The van der Waals surface area contributed by atoms with Crippen molar-refractivity contribution >= 4 is 7.82 Å². The highest BCUT2D eigenvalue weighted by molar-refractivity contribution is 7.46. The van der Waals surface area contributed by atoms with E-state index in [1.807, 2.05) is 0 Å². The number of nitrogens with zero attached hydrogens (tertiary/aromatic N) is 1. The second-order valence-electron chi connectivity index (χ2n) is 1.06. The molecule has 52 valence electrons. The second-order valence-corrected chi connectivity index (χ2v) is 2.22. The van der Waals surface area contributed by atoms with Crippen molar-refractivity contribution in [3.8, 4) is 6.07 Å². The van der Waals surface area contributed by atoms with Crippen molar-refractivity contribution in [2.24, 2.45) is 0 Å². The van der Waals surface area contributed by atoms with Gasteiger partial charge >= 0.3 is 7.82 Å². The van der Waals surface area contributed by atoms with Crippen LogP contribution in [0.3, 0.4) is 0 Å². The lowest BCUT2D eigenvalue weighted by Crippen LogP contribution is -2.12. The predicted octanol–water partition coefficient (Wildman–Crippen LogP) is -0.876. The molecule has 0 unspecified atom stereocenters. The summed E-state index contributed by atoms with van der Waals surface area (Å²) in [6.45, 7) is -0.259. The van der Waals surface area contributed by atoms with E-state index in [9.17, 15) is 4.57 Å². The zero-order valence-corrected chi connectivity index (χ0v) is 5.21. The molecule has 0 spiro atoms. The van der Waals surface area contributed by atoms with E-state index in [2.05, 4.69) is 4.62 Å².